The van der Waals surface area contributed by atoms with Crippen molar-refractivity contribution in [1.82, 2.24) is 4.90 Å². The van der Waals surface area contributed by atoms with E-state index in [1.165, 1.54) is 17.1 Å². The Morgan fingerprint density at radius 3 is 2.79 bits per heavy atom. The van der Waals surface area contributed by atoms with Crippen molar-refractivity contribution in [3.63, 3.8) is 0 Å². The van der Waals surface area contributed by atoms with Crippen LogP contribution in [0.1, 0.15) is 5.56 Å². The van der Waals surface area contributed by atoms with Gasteiger partial charge >= 0.3 is 5.97 Å². The molecule has 2 N–H and O–H groups in total. The van der Waals surface area contributed by atoms with E-state index in [-0.39, 0.29) is 6.61 Å². The van der Waals surface area contributed by atoms with E-state index < -0.39 is 23.8 Å². The van der Waals surface area contributed by atoms with Gasteiger partial charge in [-0.05, 0) is 11.6 Å². The Morgan fingerprint density at radius 2 is 2.05 bits per heavy atom. The summed E-state index contributed by atoms with van der Waals surface area (Å²) in [7, 11) is 0. The number of carbonyl (C=O) groups excluding carboxylic acids is 1. The SMILES string of the molecule is O=C(OCc1ccccc1)[C@@]12CN1[C@@H](O)C=C[C@@H]2O. The third kappa shape index (κ3) is 1.96. The van der Waals surface area contributed by atoms with Crippen LogP contribution in [-0.2, 0) is 16.1 Å². The van der Waals surface area contributed by atoms with E-state index in [1.807, 2.05) is 30.3 Å². The molecule has 100 valence electrons. The molecule has 1 fully saturated rings. The summed E-state index contributed by atoms with van der Waals surface area (Å²) in [5.41, 5.74) is -0.205. The summed E-state index contributed by atoms with van der Waals surface area (Å²) >= 11 is 0. The number of carbonyl (C=O) groups is 1. The van der Waals surface area contributed by atoms with Crippen LogP contribution in [0, 0.1) is 0 Å². The number of aliphatic hydroxyl groups excluding tert-OH is 2. The molecule has 0 aromatic heterocycles. The molecular weight excluding hydrogens is 246 g/mol. The first-order chi connectivity index (χ1) is 9.14. The van der Waals surface area contributed by atoms with Gasteiger partial charge in [-0.25, -0.2) is 4.79 Å². The number of rotatable bonds is 3. The van der Waals surface area contributed by atoms with Gasteiger partial charge in [0.05, 0.1) is 0 Å². The van der Waals surface area contributed by atoms with Crippen LogP contribution in [0.25, 0.3) is 0 Å². The minimum atomic E-state index is -1.09. The Kier molecular flexibility index (Phi) is 2.89. The van der Waals surface area contributed by atoms with Crippen LogP contribution in [-0.4, -0.2) is 45.5 Å². The minimum Gasteiger partial charge on any atom is -0.459 e. The lowest BCUT2D eigenvalue weighted by atomic mass is 10.00. The van der Waals surface area contributed by atoms with E-state index in [0.29, 0.717) is 6.54 Å². The van der Waals surface area contributed by atoms with Crippen molar-refractivity contribution in [3.8, 4) is 0 Å². The molecule has 1 aromatic rings. The zero-order valence-electron chi connectivity index (χ0n) is 10.3. The first kappa shape index (κ1) is 12.3. The lowest BCUT2D eigenvalue weighted by Gasteiger charge is -2.25. The molecule has 5 heteroatoms. The second-order valence-corrected chi connectivity index (χ2v) is 4.86. The van der Waals surface area contributed by atoms with Gasteiger partial charge in [-0.2, -0.15) is 0 Å². The Morgan fingerprint density at radius 1 is 1.32 bits per heavy atom. The van der Waals surface area contributed by atoms with Gasteiger partial charge in [0, 0.05) is 6.54 Å². The Hall–Kier alpha value is -1.69. The van der Waals surface area contributed by atoms with E-state index in [2.05, 4.69) is 0 Å². The van der Waals surface area contributed by atoms with Gasteiger partial charge < -0.3 is 14.9 Å². The van der Waals surface area contributed by atoms with Gasteiger partial charge in [0.2, 0.25) is 0 Å². The van der Waals surface area contributed by atoms with Crippen LogP contribution in [0.3, 0.4) is 0 Å². The molecule has 4 atom stereocenters. The average molecular weight is 261 g/mol. The first-order valence-corrected chi connectivity index (χ1v) is 6.17. The fourth-order valence-electron chi connectivity index (χ4n) is 2.44. The van der Waals surface area contributed by atoms with Crippen molar-refractivity contribution in [3.05, 3.63) is 48.0 Å². The van der Waals surface area contributed by atoms with E-state index in [4.69, 9.17) is 4.74 Å². The highest BCUT2D eigenvalue weighted by molar-refractivity contribution is 5.86. The fourth-order valence-corrected chi connectivity index (χ4v) is 2.44. The number of hydrogen-bond acceptors (Lipinski definition) is 5. The highest BCUT2D eigenvalue weighted by Gasteiger charge is 2.67. The van der Waals surface area contributed by atoms with Crippen molar-refractivity contribution in [2.75, 3.05) is 6.54 Å². The molecule has 0 saturated carbocycles. The van der Waals surface area contributed by atoms with Crippen LogP contribution >= 0.6 is 0 Å². The summed E-state index contributed by atoms with van der Waals surface area (Å²) in [4.78, 5) is 13.6. The molecule has 0 aliphatic carbocycles. The smallest absolute Gasteiger partial charge is 0.331 e. The summed E-state index contributed by atoms with van der Waals surface area (Å²) < 4.78 is 5.25. The maximum atomic E-state index is 12.1. The molecule has 2 heterocycles. The zero-order valence-corrected chi connectivity index (χ0v) is 10.3. The van der Waals surface area contributed by atoms with Gasteiger partial charge in [-0.1, -0.05) is 36.4 Å². The molecule has 1 saturated heterocycles. The largest absolute Gasteiger partial charge is 0.459 e. The number of fused-ring (bicyclic) bond motifs is 1. The zero-order chi connectivity index (χ0) is 13.5. The summed E-state index contributed by atoms with van der Waals surface area (Å²) in [6.45, 7) is 0.484. The topological polar surface area (TPSA) is 69.8 Å². The standard InChI is InChI=1S/C14H15NO4/c16-11-6-7-12(17)15-9-14(11,15)13(18)19-8-10-4-2-1-3-5-10/h1-7,11-12,16-17H,8-9H2/t11-,12-,14-,15?/m0/s1. The second-order valence-electron chi connectivity index (χ2n) is 4.86. The number of aliphatic hydroxyl groups is 2. The van der Waals surface area contributed by atoms with E-state index in [1.54, 1.807) is 0 Å². The summed E-state index contributed by atoms with van der Waals surface area (Å²) in [6.07, 6.45) is 1.16. The number of ether oxygens (including phenoxy) is 1. The number of esters is 1. The highest BCUT2D eigenvalue weighted by Crippen LogP contribution is 2.42. The molecule has 1 unspecified atom stereocenters. The molecule has 0 radical (unpaired) electrons. The second kappa shape index (κ2) is 4.45. The predicted octanol–water partition coefficient (Wildman–Crippen LogP) is 0.0333. The van der Waals surface area contributed by atoms with Crippen molar-refractivity contribution in [1.29, 1.82) is 0 Å². The maximum absolute atomic E-state index is 12.1. The van der Waals surface area contributed by atoms with Gasteiger partial charge in [-0.15, -0.1) is 0 Å². The molecule has 0 bridgehead atoms. The predicted molar refractivity (Wildman–Crippen MR) is 66.8 cm³/mol. The third-order valence-corrected chi connectivity index (χ3v) is 3.66. The molecule has 2 aliphatic heterocycles. The summed E-state index contributed by atoms with van der Waals surface area (Å²) in [5.74, 6) is -0.493. The van der Waals surface area contributed by atoms with Gasteiger partial charge in [0.25, 0.3) is 0 Å². The van der Waals surface area contributed by atoms with Crippen LogP contribution in [0.5, 0.6) is 0 Å². The van der Waals surface area contributed by atoms with Crippen LogP contribution in [0.15, 0.2) is 42.5 Å². The van der Waals surface area contributed by atoms with Crippen LogP contribution < -0.4 is 0 Å². The third-order valence-electron chi connectivity index (χ3n) is 3.66. The molecule has 0 amide bonds. The van der Waals surface area contributed by atoms with Crippen LogP contribution in [0.2, 0.25) is 0 Å². The average Bonchev–Trinajstić information content (AvgIpc) is 3.20. The van der Waals surface area contributed by atoms with Crippen molar-refractivity contribution >= 4 is 5.97 Å². The lowest BCUT2D eigenvalue weighted by Crippen LogP contribution is -2.46. The summed E-state index contributed by atoms with van der Waals surface area (Å²) in [6, 6.07) is 9.35. The minimum absolute atomic E-state index is 0.168. The van der Waals surface area contributed by atoms with Gasteiger partial charge in [0.15, 0.2) is 5.54 Å². The lowest BCUT2D eigenvalue weighted by molar-refractivity contribution is -0.154. The molecule has 3 rings (SSSR count). The number of benzene rings is 1. The van der Waals surface area contributed by atoms with Crippen molar-refractivity contribution in [2.24, 2.45) is 0 Å². The van der Waals surface area contributed by atoms with Crippen LogP contribution in [0.4, 0.5) is 0 Å². The quantitative estimate of drug-likeness (QED) is 0.456. The first-order valence-electron chi connectivity index (χ1n) is 6.17. The molecule has 2 aliphatic rings. The van der Waals surface area contributed by atoms with Crippen molar-refractivity contribution in [2.45, 2.75) is 24.5 Å². The molecular formula is C14H15NO4. The fraction of sp³-hybridized carbons (Fsp3) is 0.357. The monoisotopic (exact) mass is 261 g/mol. The van der Waals surface area contributed by atoms with Gasteiger partial charge in [0.1, 0.15) is 18.9 Å². The maximum Gasteiger partial charge on any atom is 0.331 e. The molecule has 0 spiro atoms. The molecule has 19 heavy (non-hydrogen) atoms. The number of nitrogens with zero attached hydrogens (tertiary/aromatic N) is 1. The Balaban J connectivity index is 1.67. The Labute approximate surface area is 110 Å². The van der Waals surface area contributed by atoms with E-state index in [0.717, 1.165) is 5.56 Å². The van der Waals surface area contributed by atoms with Crippen molar-refractivity contribution < 1.29 is 19.7 Å². The van der Waals surface area contributed by atoms with E-state index in [9.17, 15) is 15.0 Å². The summed E-state index contributed by atoms with van der Waals surface area (Å²) in [5, 5.41) is 19.6. The molecule has 5 nitrogen and oxygen atoms in total. The van der Waals surface area contributed by atoms with Gasteiger partial charge in [-0.3, -0.25) is 4.90 Å². The van der Waals surface area contributed by atoms with E-state index >= 15 is 0 Å². The molecule has 1 aromatic carbocycles. The number of hydrogen-bond donors (Lipinski definition) is 2. The highest BCUT2D eigenvalue weighted by atomic mass is 16.5. The normalized spacial score (nSPS) is 35.6. The Bertz CT molecular complexity index is 515.